The number of allylic oxidation sites excluding steroid dienone is 1. The lowest BCUT2D eigenvalue weighted by molar-refractivity contribution is -0.170. The molecule has 0 radical (unpaired) electrons. The summed E-state index contributed by atoms with van der Waals surface area (Å²) >= 11 is 0. The summed E-state index contributed by atoms with van der Waals surface area (Å²) in [7, 11) is 0. The molecule has 1 saturated carbocycles. The second-order valence-electron chi connectivity index (χ2n) is 5.26. The van der Waals surface area contributed by atoms with E-state index >= 15 is 0 Å². The number of carbonyl (C=O) groups is 1. The summed E-state index contributed by atoms with van der Waals surface area (Å²) in [4.78, 5) is 12.8. The maximum atomic E-state index is 12.9. The molecule has 20 heavy (non-hydrogen) atoms. The minimum atomic E-state index is -4.85. The van der Waals surface area contributed by atoms with Gasteiger partial charge in [-0.3, -0.25) is 9.69 Å². The molecule has 1 aliphatic heterocycles. The van der Waals surface area contributed by atoms with Crippen molar-refractivity contribution in [3.63, 3.8) is 0 Å². The van der Waals surface area contributed by atoms with Crippen molar-refractivity contribution < 1.29 is 18.0 Å². The van der Waals surface area contributed by atoms with Gasteiger partial charge in [0.25, 0.3) is 0 Å². The van der Waals surface area contributed by atoms with Crippen molar-refractivity contribution in [2.45, 2.75) is 31.5 Å². The molecule has 5 heteroatoms. The van der Waals surface area contributed by atoms with Crippen molar-refractivity contribution >= 4 is 11.6 Å². The van der Waals surface area contributed by atoms with E-state index in [1.54, 1.807) is 30.3 Å². The molecule has 2 aliphatic rings. The third kappa shape index (κ3) is 2.32. The summed E-state index contributed by atoms with van der Waals surface area (Å²) in [5.41, 5.74) is 1.14. The summed E-state index contributed by atoms with van der Waals surface area (Å²) in [5, 5.41) is 0. The second kappa shape index (κ2) is 4.65. The summed E-state index contributed by atoms with van der Waals surface area (Å²) in [6, 6.07) is 6.34. The van der Waals surface area contributed by atoms with Gasteiger partial charge < -0.3 is 0 Å². The highest BCUT2D eigenvalue weighted by Gasteiger charge is 2.48. The number of rotatable bonds is 1. The fourth-order valence-electron chi connectivity index (χ4n) is 2.69. The number of fused-ring (bicyclic) bond motifs is 1. The van der Waals surface area contributed by atoms with Crippen molar-refractivity contribution in [1.29, 1.82) is 0 Å². The lowest BCUT2D eigenvalue weighted by atomic mass is 10.1. The van der Waals surface area contributed by atoms with Crippen LogP contribution in [-0.2, 0) is 11.2 Å². The zero-order chi connectivity index (χ0) is 14.3. The molecule has 0 aromatic heterocycles. The SMILES string of the molecule is O=C(N1c2ccccc2CC=C[C@H]1C1CC1)C(F)(F)F. The first-order chi connectivity index (χ1) is 9.48. The standard InChI is InChI=1S/C15H14F3NO/c16-15(17,18)14(20)19-12-6-2-1-4-10(12)5-3-7-13(19)11-8-9-11/h1-4,6-7,11,13H,5,8-9H2/t13-/m0/s1. The molecule has 106 valence electrons. The molecule has 0 spiro atoms. The van der Waals surface area contributed by atoms with Crippen LogP contribution in [-0.4, -0.2) is 18.1 Å². The Bertz CT molecular complexity index is 560. The van der Waals surface area contributed by atoms with E-state index in [-0.39, 0.29) is 5.92 Å². The lowest BCUT2D eigenvalue weighted by Gasteiger charge is -2.31. The van der Waals surface area contributed by atoms with Crippen molar-refractivity contribution in [2.75, 3.05) is 4.90 Å². The number of amides is 1. The maximum Gasteiger partial charge on any atom is 0.471 e. The van der Waals surface area contributed by atoms with Crippen LogP contribution in [0.2, 0.25) is 0 Å². The third-order valence-electron chi connectivity index (χ3n) is 3.79. The van der Waals surface area contributed by atoms with Crippen molar-refractivity contribution in [3.8, 4) is 0 Å². The fraction of sp³-hybridized carbons (Fsp3) is 0.400. The van der Waals surface area contributed by atoms with Crippen molar-refractivity contribution in [1.82, 2.24) is 0 Å². The average molecular weight is 281 g/mol. The van der Waals surface area contributed by atoms with Gasteiger partial charge in [0.15, 0.2) is 0 Å². The van der Waals surface area contributed by atoms with Crippen LogP contribution in [0.5, 0.6) is 0 Å². The van der Waals surface area contributed by atoms with Gasteiger partial charge in [-0.25, -0.2) is 0 Å². The van der Waals surface area contributed by atoms with E-state index in [4.69, 9.17) is 0 Å². The fourth-order valence-corrected chi connectivity index (χ4v) is 2.69. The molecular weight excluding hydrogens is 267 g/mol. The van der Waals surface area contributed by atoms with Gasteiger partial charge in [-0.1, -0.05) is 30.4 Å². The number of nitrogens with zero attached hydrogens (tertiary/aromatic N) is 1. The van der Waals surface area contributed by atoms with Crippen molar-refractivity contribution in [2.24, 2.45) is 5.92 Å². The molecule has 0 N–H and O–H groups in total. The highest BCUT2D eigenvalue weighted by molar-refractivity contribution is 5.99. The van der Waals surface area contributed by atoms with Gasteiger partial charge in [0.1, 0.15) is 0 Å². The van der Waals surface area contributed by atoms with Crippen LogP contribution in [0.1, 0.15) is 18.4 Å². The zero-order valence-electron chi connectivity index (χ0n) is 10.7. The average Bonchev–Trinajstić information content (AvgIpc) is 3.22. The Labute approximate surface area is 114 Å². The highest BCUT2D eigenvalue weighted by atomic mass is 19.4. The number of alkyl halides is 3. The van der Waals surface area contributed by atoms with E-state index in [1.807, 2.05) is 6.08 Å². The summed E-state index contributed by atoms with van der Waals surface area (Å²) in [6.07, 6.45) is 1.07. The zero-order valence-corrected chi connectivity index (χ0v) is 10.7. The van der Waals surface area contributed by atoms with E-state index in [0.29, 0.717) is 12.1 Å². The predicted octanol–water partition coefficient (Wildman–Crippen LogP) is 3.47. The van der Waals surface area contributed by atoms with Crippen LogP contribution < -0.4 is 4.90 Å². The molecule has 1 aromatic carbocycles. The number of anilines is 1. The molecule has 1 atom stereocenters. The second-order valence-corrected chi connectivity index (χ2v) is 5.26. The Morgan fingerprint density at radius 2 is 1.90 bits per heavy atom. The predicted molar refractivity (Wildman–Crippen MR) is 69.3 cm³/mol. The van der Waals surface area contributed by atoms with E-state index in [9.17, 15) is 18.0 Å². The van der Waals surface area contributed by atoms with E-state index < -0.39 is 18.1 Å². The van der Waals surface area contributed by atoms with Gasteiger partial charge in [-0.2, -0.15) is 13.2 Å². The van der Waals surface area contributed by atoms with Gasteiger partial charge in [0.05, 0.1) is 6.04 Å². The molecule has 1 aromatic rings. The Morgan fingerprint density at radius 1 is 1.20 bits per heavy atom. The molecule has 1 aliphatic carbocycles. The molecule has 0 saturated heterocycles. The smallest absolute Gasteiger partial charge is 0.297 e. The Hall–Kier alpha value is -1.78. The Morgan fingerprint density at radius 3 is 2.55 bits per heavy atom. The summed E-state index contributed by atoms with van der Waals surface area (Å²) < 4.78 is 38.7. The van der Waals surface area contributed by atoms with Gasteiger partial charge >= 0.3 is 12.1 Å². The Kier molecular flexibility index (Phi) is 3.07. The molecule has 0 bridgehead atoms. The Balaban J connectivity index is 2.08. The summed E-state index contributed by atoms with van der Waals surface area (Å²) in [6.45, 7) is 0. The van der Waals surface area contributed by atoms with Crippen LogP contribution in [0.25, 0.3) is 0 Å². The summed E-state index contributed by atoms with van der Waals surface area (Å²) in [5.74, 6) is -1.63. The molecule has 0 unspecified atom stereocenters. The number of benzene rings is 1. The quantitative estimate of drug-likeness (QED) is 0.722. The number of carbonyl (C=O) groups excluding carboxylic acids is 1. The molecule has 1 amide bonds. The third-order valence-corrected chi connectivity index (χ3v) is 3.79. The maximum absolute atomic E-state index is 12.9. The van der Waals surface area contributed by atoms with E-state index in [1.165, 1.54) is 0 Å². The number of halogens is 3. The van der Waals surface area contributed by atoms with Crippen molar-refractivity contribution in [3.05, 3.63) is 42.0 Å². The van der Waals surface area contributed by atoms with Crippen LogP contribution >= 0.6 is 0 Å². The van der Waals surface area contributed by atoms with Gasteiger partial charge in [0.2, 0.25) is 0 Å². The molecule has 1 heterocycles. The van der Waals surface area contributed by atoms with Crippen LogP contribution in [0.3, 0.4) is 0 Å². The van der Waals surface area contributed by atoms with Crippen LogP contribution in [0.4, 0.5) is 18.9 Å². The largest absolute Gasteiger partial charge is 0.471 e. The first-order valence-corrected chi connectivity index (χ1v) is 6.63. The lowest BCUT2D eigenvalue weighted by Crippen LogP contribution is -2.47. The number of hydrogen-bond donors (Lipinski definition) is 0. The highest BCUT2D eigenvalue weighted by Crippen LogP contribution is 2.41. The molecule has 2 nitrogen and oxygen atoms in total. The monoisotopic (exact) mass is 281 g/mol. The number of para-hydroxylation sites is 1. The minimum absolute atomic E-state index is 0.142. The van der Waals surface area contributed by atoms with Gasteiger partial charge in [-0.15, -0.1) is 0 Å². The molecular formula is C15H14F3NO. The van der Waals surface area contributed by atoms with E-state index in [0.717, 1.165) is 23.3 Å². The van der Waals surface area contributed by atoms with Gasteiger partial charge in [-0.05, 0) is 36.8 Å². The van der Waals surface area contributed by atoms with E-state index in [2.05, 4.69) is 0 Å². The first kappa shape index (κ1) is 13.2. The normalized spacial score (nSPS) is 22.4. The topological polar surface area (TPSA) is 20.3 Å². The van der Waals surface area contributed by atoms with Gasteiger partial charge in [0, 0.05) is 5.69 Å². The first-order valence-electron chi connectivity index (χ1n) is 6.63. The van der Waals surface area contributed by atoms with Crippen LogP contribution in [0.15, 0.2) is 36.4 Å². The molecule has 1 fully saturated rings. The molecule has 3 rings (SSSR count). The minimum Gasteiger partial charge on any atom is -0.297 e. The van der Waals surface area contributed by atoms with Crippen LogP contribution in [0, 0.1) is 5.92 Å². The number of hydrogen-bond acceptors (Lipinski definition) is 1.